The number of anilines is 1. The van der Waals surface area contributed by atoms with Gasteiger partial charge < -0.3 is 15.7 Å². The number of aliphatic hydroxyl groups is 1. The van der Waals surface area contributed by atoms with Crippen LogP contribution in [-0.4, -0.2) is 24.3 Å². The van der Waals surface area contributed by atoms with Crippen LogP contribution in [0.1, 0.15) is 19.4 Å². The van der Waals surface area contributed by atoms with Gasteiger partial charge in [-0.15, -0.1) is 0 Å². The van der Waals surface area contributed by atoms with Crippen LogP contribution in [0.15, 0.2) is 24.3 Å². The van der Waals surface area contributed by atoms with Crippen LogP contribution in [0.5, 0.6) is 0 Å². The van der Waals surface area contributed by atoms with E-state index in [0.29, 0.717) is 6.54 Å². The highest BCUT2D eigenvalue weighted by Gasteiger charge is 2.22. The van der Waals surface area contributed by atoms with Crippen LogP contribution >= 0.6 is 0 Å². The molecule has 0 heterocycles. The summed E-state index contributed by atoms with van der Waals surface area (Å²) in [5.74, 6) is 0. The van der Waals surface area contributed by atoms with Crippen molar-refractivity contribution >= 4 is 5.69 Å². The Balaban J connectivity index is 2.87. The highest BCUT2D eigenvalue weighted by atomic mass is 16.3. The highest BCUT2D eigenvalue weighted by Crippen LogP contribution is 2.21. The number of hydrogen-bond acceptors (Lipinski definition) is 3. The van der Waals surface area contributed by atoms with Crippen molar-refractivity contribution in [1.82, 2.24) is 0 Å². The number of nitrogens with zero attached hydrogens (tertiary/aromatic N) is 1. The first kappa shape index (κ1) is 12.0. The van der Waals surface area contributed by atoms with Gasteiger partial charge in [-0.1, -0.05) is 12.1 Å². The van der Waals surface area contributed by atoms with E-state index in [1.165, 1.54) is 0 Å². The third-order valence-corrected chi connectivity index (χ3v) is 2.85. The molecule has 0 saturated heterocycles. The molecule has 15 heavy (non-hydrogen) atoms. The fourth-order valence-electron chi connectivity index (χ4n) is 1.31. The van der Waals surface area contributed by atoms with E-state index in [-0.39, 0.29) is 12.1 Å². The van der Waals surface area contributed by atoms with Gasteiger partial charge in [0.05, 0.1) is 12.1 Å². The molecule has 0 aliphatic heterocycles. The van der Waals surface area contributed by atoms with Crippen molar-refractivity contribution in [3.63, 3.8) is 0 Å². The minimum absolute atomic E-state index is 0.127. The molecule has 0 aliphatic rings. The van der Waals surface area contributed by atoms with Gasteiger partial charge in [0, 0.05) is 19.3 Å². The molecule has 0 aliphatic carbocycles. The van der Waals surface area contributed by atoms with Gasteiger partial charge in [-0.25, -0.2) is 0 Å². The molecule has 0 amide bonds. The van der Waals surface area contributed by atoms with E-state index in [4.69, 9.17) is 5.73 Å². The Hall–Kier alpha value is -1.06. The van der Waals surface area contributed by atoms with Gasteiger partial charge in [-0.3, -0.25) is 0 Å². The number of nitrogens with two attached hydrogens (primary N) is 1. The Labute approximate surface area is 91.5 Å². The summed E-state index contributed by atoms with van der Waals surface area (Å²) in [6.45, 7) is 4.70. The maximum atomic E-state index is 9.26. The first-order valence-electron chi connectivity index (χ1n) is 5.15. The molecular formula is C12H20N2O. The lowest BCUT2D eigenvalue weighted by Gasteiger charge is -2.35. The van der Waals surface area contributed by atoms with Crippen molar-refractivity contribution in [3.05, 3.63) is 29.8 Å². The second-order valence-corrected chi connectivity index (χ2v) is 4.40. The van der Waals surface area contributed by atoms with E-state index in [9.17, 15) is 5.11 Å². The fraction of sp³-hybridized carbons (Fsp3) is 0.500. The Morgan fingerprint density at radius 2 is 1.80 bits per heavy atom. The predicted molar refractivity (Wildman–Crippen MR) is 63.9 cm³/mol. The maximum Gasteiger partial charge on any atom is 0.0658 e. The Kier molecular flexibility index (Phi) is 3.72. The van der Waals surface area contributed by atoms with Gasteiger partial charge >= 0.3 is 0 Å². The summed E-state index contributed by atoms with van der Waals surface area (Å²) < 4.78 is 0. The summed E-state index contributed by atoms with van der Waals surface area (Å²) in [4.78, 5) is 2.06. The normalized spacial score (nSPS) is 11.5. The molecule has 1 rings (SSSR count). The molecule has 3 nitrogen and oxygen atoms in total. The van der Waals surface area contributed by atoms with Crippen molar-refractivity contribution < 1.29 is 5.11 Å². The largest absolute Gasteiger partial charge is 0.394 e. The zero-order chi connectivity index (χ0) is 11.5. The summed E-state index contributed by atoms with van der Waals surface area (Å²) in [5, 5.41) is 9.26. The van der Waals surface area contributed by atoms with Crippen LogP contribution in [-0.2, 0) is 6.54 Å². The summed E-state index contributed by atoms with van der Waals surface area (Å²) in [6, 6.07) is 8.08. The van der Waals surface area contributed by atoms with Crippen LogP contribution in [0.3, 0.4) is 0 Å². The molecule has 0 radical (unpaired) electrons. The second-order valence-electron chi connectivity index (χ2n) is 4.40. The van der Waals surface area contributed by atoms with Crippen LogP contribution in [0.4, 0.5) is 5.69 Å². The van der Waals surface area contributed by atoms with Gasteiger partial charge in [0.1, 0.15) is 0 Å². The molecule has 1 aromatic carbocycles. The summed E-state index contributed by atoms with van der Waals surface area (Å²) >= 11 is 0. The number of rotatable bonds is 4. The summed E-state index contributed by atoms with van der Waals surface area (Å²) in [5.41, 5.74) is 7.50. The van der Waals surface area contributed by atoms with Gasteiger partial charge in [0.15, 0.2) is 0 Å². The molecule has 0 spiro atoms. The zero-order valence-electron chi connectivity index (χ0n) is 9.70. The SMILES string of the molecule is CN(c1ccc(CN)cc1)C(C)(C)CO. The van der Waals surface area contributed by atoms with Crippen LogP contribution in [0.2, 0.25) is 0 Å². The summed E-state index contributed by atoms with van der Waals surface area (Å²) in [7, 11) is 1.98. The molecule has 0 bridgehead atoms. The van der Waals surface area contributed by atoms with Crippen molar-refractivity contribution in [2.75, 3.05) is 18.6 Å². The number of benzene rings is 1. The fourth-order valence-corrected chi connectivity index (χ4v) is 1.31. The van der Waals surface area contributed by atoms with Gasteiger partial charge in [0.25, 0.3) is 0 Å². The van der Waals surface area contributed by atoms with Crippen molar-refractivity contribution in [2.24, 2.45) is 5.73 Å². The molecule has 1 aromatic rings. The van der Waals surface area contributed by atoms with Gasteiger partial charge in [-0.05, 0) is 31.5 Å². The van der Waals surface area contributed by atoms with Crippen LogP contribution in [0.25, 0.3) is 0 Å². The lowest BCUT2D eigenvalue weighted by molar-refractivity contribution is 0.216. The number of hydrogen-bond donors (Lipinski definition) is 2. The first-order valence-corrected chi connectivity index (χ1v) is 5.15. The lowest BCUT2D eigenvalue weighted by atomic mass is 10.0. The van der Waals surface area contributed by atoms with E-state index in [1.807, 2.05) is 45.2 Å². The average Bonchev–Trinajstić information content (AvgIpc) is 2.28. The average molecular weight is 208 g/mol. The molecule has 0 aromatic heterocycles. The molecule has 3 heteroatoms. The summed E-state index contributed by atoms with van der Waals surface area (Å²) in [6.07, 6.45) is 0. The second kappa shape index (κ2) is 4.64. The van der Waals surface area contributed by atoms with Crippen LogP contribution < -0.4 is 10.6 Å². The minimum Gasteiger partial charge on any atom is -0.394 e. The molecule has 84 valence electrons. The quantitative estimate of drug-likeness (QED) is 0.785. The number of likely N-dealkylation sites (N-methyl/N-ethyl adjacent to an activating group) is 1. The van der Waals surface area contributed by atoms with E-state index < -0.39 is 0 Å². The van der Waals surface area contributed by atoms with Gasteiger partial charge in [-0.2, -0.15) is 0 Å². The minimum atomic E-state index is -0.246. The van der Waals surface area contributed by atoms with E-state index in [1.54, 1.807) is 0 Å². The molecule has 3 N–H and O–H groups in total. The molecule has 0 unspecified atom stereocenters. The standard InChI is InChI=1S/C12H20N2O/c1-12(2,9-15)14(3)11-6-4-10(8-13)5-7-11/h4-7,15H,8-9,13H2,1-3H3. The van der Waals surface area contributed by atoms with Gasteiger partial charge in [0.2, 0.25) is 0 Å². The van der Waals surface area contributed by atoms with Crippen LogP contribution in [0, 0.1) is 0 Å². The zero-order valence-corrected chi connectivity index (χ0v) is 9.70. The van der Waals surface area contributed by atoms with E-state index in [2.05, 4.69) is 4.90 Å². The molecule has 0 fully saturated rings. The highest BCUT2D eigenvalue weighted by molar-refractivity contribution is 5.49. The van der Waals surface area contributed by atoms with Crippen molar-refractivity contribution in [2.45, 2.75) is 25.9 Å². The first-order chi connectivity index (χ1) is 7.01. The Bertz CT molecular complexity index is 306. The third-order valence-electron chi connectivity index (χ3n) is 2.85. The Morgan fingerprint density at radius 3 is 2.20 bits per heavy atom. The van der Waals surface area contributed by atoms with Crippen molar-refractivity contribution in [3.8, 4) is 0 Å². The Morgan fingerprint density at radius 1 is 1.27 bits per heavy atom. The smallest absolute Gasteiger partial charge is 0.0658 e. The maximum absolute atomic E-state index is 9.26. The van der Waals surface area contributed by atoms with E-state index >= 15 is 0 Å². The molecule has 0 atom stereocenters. The van der Waals surface area contributed by atoms with E-state index in [0.717, 1.165) is 11.3 Å². The predicted octanol–water partition coefficient (Wildman–Crippen LogP) is 1.35. The third kappa shape index (κ3) is 2.70. The number of aliphatic hydroxyl groups excluding tert-OH is 1. The lowest BCUT2D eigenvalue weighted by Crippen LogP contribution is -2.44. The molecule has 0 saturated carbocycles. The monoisotopic (exact) mass is 208 g/mol. The topological polar surface area (TPSA) is 49.5 Å². The molecular weight excluding hydrogens is 188 g/mol. The van der Waals surface area contributed by atoms with Crippen molar-refractivity contribution in [1.29, 1.82) is 0 Å².